The molecule has 0 saturated carbocycles. The summed E-state index contributed by atoms with van der Waals surface area (Å²) in [7, 11) is 0. The van der Waals surface area contributed by atoms with Gasteiger partial charge in [-0.2, -0.15) is 0 Å². The summed E-state index contributed by atoms with van der Waals surface area (Å²) in [5.41, 5.74) is 1.89. The van der Waals surface area contributed by atoms with Gasteiger partial charge in [0.25, 0.3) is 0 Å². The van der Waals surface area contributed by atoms with Crippen molar-refractivity contribution >= 4 is 5.97 Å². The molecule has 0 saturated heterocycles. The molecule has 2 N–H and O–H groups in total. The Morgan fingerprint density at radius 2 is 2.03 bits per heavy atom. The number of hydrogen-bond donors (Lipinski definition) is 2. The van der Waals surface area contributed by atoms with Crippen molar-refractivity contribution in [3.8, 4) is 11.5 Å². The fourth-order valence-corrected chi connectivity index (χ4v) is 4.47. The highest BCUT2D eigenvalue weighted by Gasteiger charge is 2.47. The Labute approximate surface area is 173 Å². The number of phenols is 1. The minimum absolute atomic E-state index is 0.0236. The van der Waals surface area contributed by atoms with Crippen LogP contribution >= 0.6 is 0 Å². The van der Waals surface area contributed by atoms with Crippen LogP contribution in [0.1, 0.15) is 77.8 Å². The zero-order valence-electron chi connectivity index (χ0n) is 18.4. The van der Waals surface area contributed by atoms with Crippen LogP contribution < -0.4 is 4.74 Å². The van der Waals surface area contributed by atoms with Gasteiger partial charge in [0.1, 0.15) is 23.2 Å². The Hall–Kier alpha value is -2.01. The normalized spacial score (nSPS) is 23.9. The third-order valence-corrected chi connectivity index (χ3v) is 6.36. The summed E-state index contributed by atoms with van der Waals surface area (Å²) >= 11 is 0. The van der Waals surface area contributed by atoms with E-state index in [0.717, 1.165) is 11.1 Å². The van der Waals surface area contributed by atoms with E-state index in [0.29, 0.717) is 30.6 Å². The van der Waals surface area contributed by atoms with Crippen LogP contribution in [0.2, 0.25) is 0 Å². The van der Waals surface area contributed by atoms with E-state index in [-0.39, 0.29) is 35.6 Å². The molecule has 5 nitrogen and oxygen atoms in total. The van der Waals surface area contributed by atoms with Crippen molar-refractivity contribution in [3.63, 3.8) is 0 Å². The number of aromatic hydroxyl groups is 1. The van der Waals surface area contributed by atoms with Gasteiger partial charge in [-0.3, -0.25) is 0 Å². The molecule has 0 bridgehead atoms. The lowest BCUT2D eigenvalue weighted by molar-refractivity contribution is -0.147. The number of benzene rings is 1. The van der Waals surface area contributed by atoms with E-state index in [1.54, 1.807) is 0 Å². The molecule has 0 spiro atoms. The lowest BCUT2D eigenvalue weighted by atomic mass is 9.66. The number of fused-ring (bicyclic) bond motifs is 3. The number of allylic oxidation sites excluding steroid dienone is 1. The standard InChI is InChI=1S/C24H34O5/c1-7-16(13-25)28-22(27)14-8-9-18-17(10-14)21-19(26)11-15(23(2,3)4)12-20(21)29-24(18,5)6/h8,11-12,16-18,25-26H,7,9-10,13H2,1-6H3/t16?,17-,18-/m1/s1. The molecule has 1 aliphatic carbocycles. The van der Waals surface area contributed by atoms with Crippen molar-refractivity contribution in [1.82, 2.24) is 0 Å². The lowest BCUT2D eigenvalue weighted by Gasteiger charge is -2.47. The highest BCUT2D eigenvalue weighted by molar-refractivity contribution is 5.89. The molecule has 0 aromatic heterocycles. The molecule has 2 aliphatic rings. The van der Waals surface area contributed by atoms with Crippen molar-refractivity contribution in [3.05, 3.63) is 34.9 Å². The second kappa shape index (κ2) is 7.67. The highest BCUT2D eigenvalue weighted by atomic mass is 16.6. The SMILES string of the molecule is CCC(CO)OC(=O)C1=CC[C@@H]2[C@@H](C1)c1c(O)cc(C(C)(C)C)cc1OC2(C)C. The molecule has 5 heteroatoms. The van der Waals surface area contributed by atoms with E-state index in [1.807, 2.05) is 25.1 Å². The van der Waals surface area contributed by atoms with E-state index < -0.39 is 11.7 Å². The number of carbonyl (C=O) groups excluding carboxylic acids is 1. The average molecular weight is 403 g/mol. The number of hydrogen-bond acceptors (Lipinski definition) is 5. The fourth-order valence-electron chi connectivity index (χ4n) is 4.47. The molecular weight excluding hydrogens is 368 g/mol. The monoisotopic (exact) mass is 402 g/mol. The maximum absolute atomic E-state index is 12.6. The number of ether oxygens (including phenoxy) is 2. The van der Waals surface area contributed by atoms with Crippen molar-refractivity contribution < 1.29 is 24.5 Å². The molecule has 0 fully saturated rings. The summed E-state index contributed by atoms with van der Waals surface area (Å²) in [4.78, 5) is 12.6. The molecule has 1 aromatic carbocycles. The zero-order valence-corrected chi connectivity index (χ0v) is 18.4. The summed E-state index contributed by atoms with van der Waals surface area (Å²) in [5.74, 6) is 0.690. The maximum atomic E-state index is 12.6. The predicted molar refractivity (Wildman–Crippen MR) is 112 cm³/mol. The first-order chi connectivity index (χ1) is 13.5. The summed E-state index contributed by atoms with van der Waals surface area (Å²) in [6, 6.07) is 3.86. The van der Waals surface area contributed by atoms with Crippen molar-refractivity contribution in [1.29, 1.82) is 0 Å². The van der Waals surface area contributed by atoms with Gasteiger partial charge in [0.15, 0.2) is 0 Å². The Morgan fingerprint density at radius 1 is 1.34 bits per heavy atom. The maximum Gasteiger partial charge on any atom is 0.334 e. The third-order valence-electron chi connectivity index (χ3n) is 6.36. The van der Waals surface area contributed by atoms with Crippen LogP contribution in [0.15, 0.2) is 23.8 Å². The lowest BCUT2D eigenvalue weighted by Crippen LogP contribution is -2.46. The van der Waals surface area contributed by atoms with Crippen LogP contribution in [0.4, 0.5) is 0 Å². The fraction of sp³-hybridized carbons (Fsp3) is 0.625. The van der Waals surface area contributed by atoms with Gasteiger partial charge in [0.05, 0.1) is 6.61 Å². The number of carbonyl (C=O) groups is 1. The van der Waals surface area contributed by atoms with Gasteiger partial charge in [0, 0.05) is 23.0 Å². The Balaban J connectivity index is 1.97. The summed E-state index contributed by atoms with van der Waals surface area (Å²) in [6.45, 7) is 12.2. The third kappa shape index (κ3) is 4.16. The largest absolute Gasteiger partial charge is 0.508 e. The molecule has 1 aliphatic heterocycles. The molecule has 3 rings (SSSR count). The van der Waals surface area contributed by atoms with Gasteiger partial charge in [-0.15, -0.1) is 0 Å². The Bertz CT molecular complexity index is 811. The van der Waals surface area contributed by atoms with E-state index in [1.165, 1.54) is 0 Å². The number of aliphatic hydroxyl groups excluding tert-OH is 1. The van der Waals surface area contributed by atoms with Crippen LogP contribution in [-0.2, 0) is 14.9 Å². The molecule has 29 heavy (non-hydrogen) atoms. The summed E-state index contributed by atoms with van der Waals surface area (Å²) < 4.78 is 11.8. The van der Waals surface area contributed by atoms with Crippen LogP contribution in [0.3, 0.4) is 0 Å². The number of esters is 1. The summed E-state index contributed by atoms with van der Waals surface area (Å²) in [5, 5.41) is 20.2. The van der Waals surface area contributed by atoms with Crippen LogP contribution in [0, 0.1) is 5.92 Å². The highest BCUT2D eigenvalue weighted by Crippen LogP contribution is 2.54. The summed E-state index contributed by atoms with van der Waals surface area (Å²) in [6.07, 6.45) is 3.19. The zero-order chi connectivity index (χ0) is 21.6. The molecule has 160 valence electrons. The number of rotatable bonds is 4. The first-order valence-electron chi connectivity index (χ1n) is 10.5. The first-order valence-corrected chi connectivity index (χ1v) is 10.5. The number of aliphatic hydroxyl groups is 1. The molecule has 1 aromatic rings. The van der Waals surface area contributed by atoms with E-state index in [4.69, 9.17) is 9.47 Å². The van der Waals surface area contributed by atoms with Crippen molar-refractivity contribution in [2.45, 2.75) is 83.8 Å². The minimum atomic E-state index is -0.484. The van der Waals surface area contributed by atoms with E-state index >= 15 is 0 Å². The van der Waals surface area contributed by atoms with Gasteiger partial charge < -0.3 is 19.7 Å². The quantitative estimate of drug-likeness (QED) is 0.720. The van der Waals surface area contributed by atoms with Crippen LogP contribution in [0.25, 0.3) is 0 Å². The first kappa shape index (κ1) is 21.7. The van der Waals surface area contributed by atoms with Crippen LogP contribution in [-0.4, -0.2) is 34.5 Å². The molecule has 1 heterocycles. The molecule has 1 unspecified atom stereocenters. The molecule has 0 radical (unpaired) electrons. The molecule has 3 atom stereocenters. The minimum Gasteiger partial charge on any atom is -0.508 e. The Kier molecular flexibility index (Phi) is 5.74. The van der Waals surface area contributed by atoms with Crippen molar-refractivity contribution in [2.75, 3.05) is 6.61 Å². The second-order valence-electron chi connectivity index (χ2n) is 9.86. The molecular formula is C24H34O5. The average Bonchev–Trinajstić information content (AvgIpc) is 2.63. The van der Waals surface area contributed by atoms with E-state index in [2.05, 4.69) is 34.6 Å². The smallest absolute Gasteiger partial charge is 0.334 e. The van der Waals surface area contributed by atoms with Gasteiger partial charge in [-0.25, -0.2) is 4.79 Å². The Morgan fingerprint density at radius 3 is 2.62 bits per heavy atom. The van der Waals surface area contributed by atoms with Gasteiger partial charge in [-0.1, -0.05) is 33.8 Å². The number of phenolic OH excluding ortho intramolecular Hbond substituents is 1. The van der Waals surface area contributed by atoms with Gasteiger partial charge in [-0.05, 0) is 56.2 Å². The van der Waals surface area contributed by atoms with E-state index in [9.17, 15) is 15.0 Å². The van der Waals surface area contributed by atoms with Gasteiger partial charge >= 0.3 is 5.97 Å². The van der Waals surface area contributed by atoms with Crippen LogP contribution in [0.5, 0.6) is 11.5 Å². The topological polar surface area (TPSA) is 76.0 Å². The molecule has 0 amide bonds. The second-order valence-corrected chi connectivity index (χ2v) is 9.86. The van der Waals surface area contributed by atoms with Crippen molar-refractivity contribution in [2.24, 2.45) is 5.92 Å². The predicted octanol–water partition coefficient (Wildman–Crippen LogP) is 4.59. The van der Waals surface area contributed by atoms with Gasteiger partial charge in [0.2, 0.25) is 0 Å².